The molecule has 3 heterocycles. The monoisotopic (exact) mass is 853 g/mol. The predicted octanol–water partition coefficient (Wildman–Crippen LogP) is 16.0. The van der Waals surface area contributed by atoms with Crippen molar-refractivity contribution in [2.24, 2.45) is 0 Å². The normalized spacial score (nSPS) is 14.0. The topological polar surface area (TPSA) is 43.6 Å². The lowest BCUT2D eigenvalue weighted by Gasteiger charge is -2.21. The molecule has 0 spiro atoms. The molecule has 0 unspecified atom stereocenters. The lowest BCUT2D eigenvalue weighted by Crippen LogP contribution is -2.14. The molecule has 0 fully saturated rings. The maximum absolute atomic E-state index is 9.11. The summed E-state index contributed by atoms with van der Waals surface area (Å²) >= 11 is 1.66. The van der Waals surface area contributed by atoms with E-state index < -0.39 is 18.1 Å². The first-order chi connectivity index (χ1) is 34.0. The fourth-order valence-corrected chi connectivity index (χ4v) is 11.2. The molecule has 0 amide bonds. The van der Waals surface area contributed by atoms with Crippen LogP contribution >= 0.6 is 11.3 Å². The predicted molar refractivity (Wildman–Crippen MR) is 272 cm³/mol. The van der Waals surface area contributed by atoms with Crippen LogP contribution in [0.2, 0.25) is 0 Å². The van der Waals surface area contributed by atoms with Crippen LogP contribution in [0.25, 0.3) is 115 Å². The van der Waals surface area contributed by atoms with Gasteiger partial charge in [-0.15, -0.1) is 11.3 Å². The van der Waals surface area contributed by atoms with E-state index in [0.29, 0.717) is 11.6 Å². The number of aromatic nitrogens is 4. The van der Waals surface area contributed by atoms with Gasteiger partial charge in [-0.3, -0.25) is 0 Å². The molecule has 0 aliphatic heterocycles. The molecule has 65 heavy (non-hydrogen) atoms. The van der Waals surface area contributed by atoms with Crippen LogP contribution in [0.1, 0.15) is 31.8 Å². The van der Waals surface area contributed by atoms with E-state index >= 15 is 0 Å². The summed E-state index contributed by atoms with van der Waals surface area (Å²) in [5.74, 6) is 0.646. The molecule has 3 aromatic heterocycles. The third kappa shape index (κ3) is 6.00. The van der Waals surface area contributed by atoms with Crippen molar-refractivity contribution in [1.29, 1.82) is 0 Å². The molecule has 0 bridgehead atoms. The summed E-state index contributed by atoms with van der Waals surface area (Å²) in [6.07, 6.45) is 0. The van der Waals surface area contributed by atoms with Gasteiger partial charge < -0.3 is 4.57 Å². The van der Waals surface area contributed by atoms with E-state index in [2.05, 4.69) is 182 Å². The molecule has 1 aliphatic carbocycles. The van der Waals surface area contributed by atoms with Gasteiger partial charge in [0.1, 0.15) is 0 Å². The van der Waals surface area contributed by atoms with Crippen molar-refractivity contribution in [1.82, 2.24) is 19.5 Å². The summed E-state index contributed by atoms with van der Waals surface area (Å²) in [6, 6.07) is 59.6. The number of nitrogens with zero attached hydrogens (tertiary/aromatic N) is 4. The minimum Gasteiger partial charge on any atom is -0.309 e. The van der Waals surface area contributed by atoms with Gasteiger partial charge in [-0.05, 0) is 93.0 Å². The van der Waals surface area contributed by atoms with E-state index in [4.69, 9.17) is 21.8 Å². The van der Waals surface area contributed by atoms with Gasteiger partial charge in [0.2, 0.25) is 0 Å². The molecular weight excluding hydrogens is 809 g/mol. The van der Waals surface area contributed by atoms with E-state index in [1.807, 2.05) is 12.1 Å². The Morgan fingerprint density at radius 1 is 0.431 bits per heavy atom. The molecule has 0 radical (unpaired) electrons. The van der Waals surface area contributed by atoms with Gasteiger partial charge in [0.05, 0.1) is 17.9 Å². The highest BCUT2D eigenvalue weighted by atomic mass is 32.1. The zero-order chi connectivity index (χ0) is 47.6. The van der Waals surface area contributed by atoms with Crippen LogP contribution in [-0.2, 0) is 5.41 Å². The number of rotatable bonds is 6. The van der Waals surface area contributed by atoms with E-state index in [1.54, 1.807) is 11.3 Å². The van der Waals surface area contributed by atoms with E-state index in [1.165, 1.54) is 11.1 Å². The molecule has 0 atom stereocenters. The number of hydrogen-bond acceptors (Lipinski definition) is 4. The maximum atomic E-state index is 9.11. The lowest BCUT2D eigenvalue weighted by molar-refractivity contribution is 0.660. The molecule has 0 saturated carbocycles. The molecule has 13 rings (SSSR count). The molecule has 1 aliphatic rings. The third-order valence-corrected chi connectivity index (χ3v) is 14.4. The van der Waals surface area contributed by atoms with Crippen molar-refractivity contribution in [3.63, 3.8) is 0 Å². The smallest absolute Gasteiger partial charge is 0.165 e. The summed E-state index contributed by atoms with van der Waals surface area (Å²) in [6.45, 7) is 4.47. The summed E-state index contributed by atoms with van der Waals surface area (Å²) < 4.78 is 48.3. The summed E-state index contributed by atoms with van der Waals surface area (Å²) in [7, 11) is 0. The standard InChI is InChI=1S/C60H40N4S/c1-60(2)51-25-12-9-22-44(51)47-34-42(28-30-52(47)60)58-61-57(38-18-7-4-8-19-38)62-59(63-58)50-36-43(64-53-26-13-10-23-45(53)46-24-11-14-27-54(46)64)35-49-48-33-41(29-31-55(48)65-56(49)50)40-21-15-20-39(32-40)37-16-5-3-6-17-37/h3-36H,1-2H3/i4D,7D,8D,18D,19D. The maximum Gasteiger partial charge on any atom is 0.165 e. The first-order valence-electron chi connectivity index (χ1n) is 24.3. The van der Waals surface area contributed by atoms with Crippen molar-refractivity contribution >= 4 is 53.3 Å². The Morgan fingerprint density at radius 2 is 1.05 bits per heavy atom. The molecule has 0 saturated heterocycles. The lowest BCUT2D eigenvalue weighted by atomic mass is 9.82. The molecule has 4 nitrogen and oxygen atoms in total. The second-order valence-electron chi connectivity index (χ2n) is 17.2. The van der Waals surface area contributed by atoms with Crippen molar-refractivity contribution in [3.8, 4) is 73.2 Å². The van der Waals surface area contributed by atoms with Crippen LogP contribution in [0.3, 0.4) is 0 Å². The van der Waals surface area contributed by atoms with Crippen LogP contribution in [-0.4, -0.2) is 19.5 Å². The van der Waals surface area contributed by atoms with Crippen LogP contribution in [0.15, 0.2) is 206 Å². The molecule has 9 aromatic carbocycles. The molecule has 12 aromatic rings. The van der Waals surface area contributed by atoms with Gasteiger partial charge in [0.25, 0.3) is 0 Å². The first kappa shape index (κ1) is 32.7. The minimum atomic E-state index is -0.481. The minimum absolute atomic E-state index is 0.00431. The Bertz CT molecular complexity index is 4090. The van der Waals surface area contributed by atoms with E-state index in [-0.39, 0.29) is 28.9 Å². The van der Waals surface area contributed by atoms with Gasteiger partial charge in [-0.25, -0.2) is 15.0 Å². The fourth-order valence-electron chi connectivity index (χ4n) is 10.0. The second kappa shape index (κ2) is 14.5. The quantitative estimate of drug-likeness (QED) is 0.167. The zero-order valence-electron chi connectivity index (χ0n) is 40.4. The highest BCUT2D eigenvalue weighted by Gasteiger charge is 2.35. The van der Waals surface area contributed by atoms with Gasteiger partial charge in [-0.1, -0.05) is 171 Å². The van der Waals surface area contributed by atoms with Crippen molar-refractivity contribution in [3.05, 3.63) is 217 Å². The van der Waals surface area contributed by atoms with Crippen LogP contribution in [0.4, 0.5) is 0 Å². The number of benzene rings is 9. The van der Waals surface area contributed by atoms with E-state index in [0.717, 1.165) is 92.2 Å². The number of thiophene rings is 1. The van der Waals surface area contributed by atoms with Crippen LogP contribution < -0.4 is 0 Å². The Hall–Kier alpha value is -7.99. The fraction of sp³-hybridized carbons (Fsp3) is 0.0500. The number of para-hydroxylation sites is 2. The van der Waals surface area contributed by atoms with Crippen LogP contribution in [0.5, 0.6) is 0 Å². The molecule has 0 N–H and O–H groups in total. The first-order valence-corrected chi connectivity index (χ1v) is 22.6. The average Bonchev–Trinajstić information content (AvgIpc) is 4.02. The van der Waals surface area contributed by atoms with Crippen molar-refractivity contribution in [2.75, 3.05) is 0 Å². The Balaban J connectivity index is 1.10. The molecule has 306 valence electrons. The average molecular weight is 854 g/mol. The van der Waals surface area contributed by atoms with Gasteiger partial charge in [0, 0.05) is 58.7 Å². The summed E-state index contributed by atoms with van der Waals surface area (Å²) in [5, 5.41) is 4.34. The Labute approximate surface area is 387 Å². The number of fused-ring (bicyclic) bond motifs is 9. The van der Waals surface area contributed by atoms with Crippen LogP contribution in [0, 0.1) is 0 Å². The highest BCUT2D eigenvalue weighted by molar-refractivity contribution is 7.26. The zero-order valence-corrected chi connectivity index (χ0v) is 36.3. The Kier molecular flexibility index (Phi) is 7.30. The van der Waals surface area contributed by atoms with E-state index in [9.17, 15) is 0 Å². The Morgan fingerprint density at radius 3 is 1.83 bits per heavy atom. The summed E-state index contributed by atoms with van der Waals surface area (Å²) in [5.41, 5.74) is 13.3. The van der Waals surface area contributed by atoms with Gasteiger partial charge in [0.15, 0.2) is 17.5 Å². The number of hydrogen-bond donors (Lipinski definition) is 0. The van der Waals surface area contributed by atoms with Crippen molar-refractivity contribution in [2.45, 2.75) is 19.3 Å². The summed E-state index contributed by atoms with van der Waals surface area (Å²) in [4.78, 5) is 15.5. The van der Waals surface area contributed by atoms with Gasteiger partial charge in [-0.2, -0.15) is 0 Å². The highest BCUT2D eigenvalue weighted by Crippen LogP contribution is 2.50. The molecule has 5 heteroatoms. The third-order valence-electron chi connectivity index (χ3n) is 13.1. The second-order valence-corrected chi connectivity index (χ2v) is 18.3. The largest absolute Gasteiger partial charge is 0.309 e. The SMILES string of the molecule is [2H]c1c([2H])c([2H])c(-c2nc(-c3ccc4c(c3)-c3ccccc3C4(C)C)nc(-c3cc(-n4c5ccccc5c5ccccc54)cc4c3sc3ccc(-c5cccc(-c6ccccc6)c5)cc34)n2)c([2H])c1[2H]. The van der Waals surface area contributed by atoms with Crippen molar-refractivity contribution < 1.29 is 6.85 Å². The molecular formula is C60H40N4S. The van der Waals surface area contributed by atoms with Gasteiger partial charge >= 0.3 is 0 Å².